The van der Waals surface area contributed by atoms with Crippen molar-refractivity contribution in [3.05, 3.63) is 65.5 Å². The van der Waals surface area contributed by atoms with E-state index in [4.69, 9.17) is 4.74 Å². The van der Waals surface area contributed by atoms with E-state index in [1.165, 1.54) is 24.4 Å². The van der Waals surface area contributed by atoms with Gasteiger partial charge in [-0.15, -0.1) is 0 Å². The summed E-state index contributed by atoms with van der Waals surface area (Å²) in [6.07, 6.45) is 3.59. The maximum Gasteiger partial charge on any atom is 0.254 e. The first kappa shape index (κ1) is 21.1. The predicted octanol–water partition coefficient (Wildman–Crippen LogP) is 3.27. The molecule has 2 rings (SSSR count). The van der Waals surface area contributed by atoms with E-state index in [1.54, 1.807) is 6.07 Å². The van der Waals surface area contributed by atoms with Gasteiger partial charge in [0.2, 0.25) is 5.91 Å². The summed E-state index contributed by atoms with van der Waals surface area (Å²) >= 11 is 0. The van der Waals surface area contributed by atoms with Gasteiger partial charge in [0.1, 0.15) is 11.6 Å². The van der Waals surface area contributed by atoms with Crippen LogP contribution in [0.25, 0.3) is 0 Å². The van der Waals surface area contributed by atoms with E-state index in [-0.39, 0.29) is 24.4 Å². The molecule has 2 N–H and O–H groups in total. The van der Waals surface area contributed by atoms with Gasteiger partial charge in [-0.25, -0.2) is 9.82 Å². The average molecular weight is 385 g/mol. The Hall–Kier alpha value is -3.22. The molecule has 0 aliphatic rings. The lowest BCUT2D eigenvalue weighted by Gasteiger charge is -2.06. The van der Waals surface area contributed by atoms with Gasteiger partial charge in [0.05, 0.1) is 18.4 Å². The average Bonchev–Trinajstić information content (AvgIpc) is 2.69. The zero-order chi connectivity index (χ0) is 20.2. The lowest BCUT2D eigenvalue weighted by molar-refractivity contribution is -0.120. The van der Waals surface area contributed by atoms with Crippen molar-refractivity contribution in [3.8, 4) is 5.75 Å². The maximum absolute atomic E-state index is 13.5. The Morgan fingerprint density at radius 1 is 1.18 bits per heavy atom. The molecule has 2 amide bonds. The van der Waals surface area contributed by atoms with E-state index in [1.807, 2.05) is 24.3 Å². The van der Waals surface area contributed by atoms with Crippen molar-refractivity contribution in [2.24, 2.45) is 5.10 Å². The third-order valence-electron chi connectivity index (χ3n) is 3.78. The number of amides is 2. The minimum Gasteiger partial charge on any atom is -0.494 e. The highest BCUT2D eigenvalue weighted by molar-refractivity contribution is 5.94. The van der Waals surface area contributed by atoms with Gasteiger partial charge in [0.25, 0.3) is 5.91 Å². The van der Waals surface area contributed by atoms with Crippen LogP contribution >= 0.6 is 0 Å². The predicted molar refractivity (Wildman–Crippen MR) is 106 cm³/mol. The summed E-state index contributed by atoms with van der Waals surface area (Å²) in [6, 6.07) is 13.1. The minimum atomic E-state index is -0.602. The molecule has 0 heterocycles. The standard InChI is InChI=1S/C21H24FN3O3/c1-2-3-13-28-17-8-6-7-16(14-17)15-24-25-20(26)11-12-23-21(27)18-9-4-5-10-19(18)22/h4-10,14-15H,2-3,11-13H2,1H3,(H,23,27)(H,25,26). The van der Waals surface area contributed by atoms with E-state index in [9.17, 15) is 14.0 Å². The molecule has 0 saturated carbocycles. The highest BCUT2D eigenvalue weighted by Gasteiger charge is 2.10. The number of hydrazone groups is 1. The smallest absolute Gasteiger partial charge is 0.254 e. The molecule has 0 radical (unpaired) electrons. The zero-order valence-electron chi connectivity index (χ0n) is 15.8. The summed E-state index contributed by atoms with van der Waals surface area (Å²) in [5.74, 6) is -0.774. The highest BCUT2D eigenvalue weighted by atomic mass is 19.1. The zero-order valence-corrected chi connectivity index (χ0v) is 15.8. The first-order valence-corrected chi connectivity index (χ1v) is 9.17. The topological polar surface area (TPSA) is 79.8 Å². The molecular weight excluding hydrogens is 361 g/mol. The van der Waals surface area contributed by atoms with Gasteiger partial charge in [0, 0.05) is 13.0 Å². The SMILES string of the molecule is CCCCOc1cccc(C=NNC(=O)CCNC(=O)c2ccccc2F)c1. The van der Waals surface area contributed by atoms with Gasteiger partial charge < -0.3 is 10.1 Å². The summed E-state index contributed by atoms with van der Waals surface area (Å²) in [4.78, 5) is 23.6. The first-order chi connectivity index (χ1) is 13.6. The number of rotatable bonds is 10. The second-order valence-electron chi connectivity index (χ2n) is 6.05. The molecule has 0 spiro atoms. The molecule has 6 nitrogen and oxygen atoms in total. The molecule has 0 atom stereocenters. The Labute approximate surface area is 163 Å². The number of hydrogen-bond donors (Lipinski definition) is 2. The molecule has 0 aromatic heterocycles. The third kappa shape index (κ3) is 7.19. The van der Waals surface area contributed by atoms with Crippen molar-refractivity contribution < 1.29 is 18.7 Å². The van der Waals surface area contributed by atoms with Gasteiger partial charge in [0.15, 0.2) is 0 Å². The Morgan fingerprint density at radius 2 is 2.00 bits per heavy atom. The fourth-order valence-corrected chi connectivity index (χ4v) is 2.28. The quantitative estimate of drug-likeness (QED) is 0.374. The lowest BCUT2D eigenvalue weighted by Crippen LogP contribution is -2.29. The largest absolute Gasteiger partial charge is 0.494 e. The van der Waals surface area contributed by atoms with Crippen molar-refractivity contribution in [2.75, 3.05) is 13.2 Å². The van der Waals surface area contributed by atoms with Crippen LogP contribution in [0, 0.1) is 5.82 Å². The molecule has 0 aliphatic carbocycles. The van der Waals surface area contributed by atoms with Crippen molar-refractivity contribution in [3.63, 3.8) is 0 Å². The van der Waals surface area contributed by atoms with Gasteiger partial charge in [-0.1, -0.05) is 37.6 Å². The summed E-state index contributed by atoms with van der Waals surface area (Å²) in [5, 5.41) is 6.40. The summed E-state index contributed by atoms with van der Waals surface area (Å²) in [5.41, 5.74) is 3.13. The van der Waals surface area contributed by atoms with E-state index < -0.39 is 11.7 Å². The van der Waals surface area contributed by atoms with E-state index >= 15 is 0 Å². The van der Waals surface area contributed by atoms with E-state index in [2.05, 4.69) is 22.8 Å². The number of carbonyl (C=O) groups is 2. The number of ether oxygens (including phenoxy) is 1. The minimum absolute atomic E-state index is 0.0255. The molecule has 0 saturated heterocycles. The Balaban J connectivity index is 1.73. The molecule has 2 aromatic carbocycles. The van der Waals surface area contributed by atoms with Crippen LogP contribution < -0.4 is 15.5 Å². The maximum atomic E-state index is 13.5. The van der Waals surface area contributed by atoms with Gasteiger partial charge >= 0.3 is 0 Å². The number of unbranched alkanes of at least 4 members (excludes halogenated alkanes) is 1. The van der Waals surface area contributed by atoms with Crippen LogP contribution in [-0.2, 0) is 4.79 Å². The summed E-state index contributed by atoms with van der Waals surface area (Å²) < 4.78 is 19.1. The molecule has 0 unspecified atom stereocenters. The lowest BCUT2D eigenvalue weighted by atomic mass is 10.2. The van der Waals surface area contributed by atoms with Gasteiger partial charge in [-0.2, -0.15) is 5.10 Å². The Bertz CT molecular complexity index is 824. The fourth-order valence-electron chi connectivity index (χ4n) is 2.28. The van der Waals surface area contributed by atoms with Gasteiger partial charge in [-0.05, 0) is 36.2 Å². The van der Waals surface area contributed by atoms with Crippen LogP contribution in [0.15, 0.2) is 53.6 Å². The number of hydrogen-bond acceptors (Lipinski definition) is 4. The molecule has 0 bridgehead atoms. The fraction of sp³-hybridized carbons (Fsp3) is 0.286. The van der Waals surface area contributed by atoms with E-state index in [0.717, 1.165) is 24.2 Å². The van der Waals surface area contributed by atoms with Gasteiger partial charge in [-0.3, -0.25) is 9.59 Å². The molecule has 28 heavy (non-hydrogen) atoms. The summed E-state index contributed by atoms with van der Waals surface area (Å²) in [6.45, 7) is 2.84. The monoisotopic (exact) mass is 385 g/mol. The second kappa shape index (κ2) is 11.5. The first-order valence-electron chi connectivity index (χ1n) is 9.17. The van der Waals surface area contributed by atoms with Crippen molar-refractivity contribution in [1.82, 2.24) is 10.7 Å². The van der Waals surface area contributed by atoms with Crippen LogP contribution in [0.2, 0.25) is 0 Å². The molecular formula is C21H24FN3O3. The number of halogens is 1. The van der Waals surface area contributed by atoms with Crippen molar-refractivity contribution >= 4 is 18.0 Å². The number of benzene rings is 2. The van der Waals surface area contributed by atoms with Crippen LogP contribution in [0.1, 0.15) is 42.1 Å². The number of carbonyl (C=O) groups excluding carboxylic acids is 2. The second-order valence-corrected chi connectivity index (χ2v) is 6.05. The third-order valence-corrected chi connectivity index (χ3v) is 3.78. The highest BCUT2D eigenvalue weighted by Crippen LogP contribution is 2.12. The van der Waals surface area contributed by atoms with E-state index in [0.29, 0.717) is 6.61 Å². The molecule has 2 aromatic rings. The molecule has 0 fully saturated rings. The normalized spacial score (nSPS) is 10.6. The Kier molecular flexibility index (Phi) is 8.65. The van der Waals surface area contributed by atoms with Crippen LogP contribution in [-0.4, -0.2) is 31.2 Å². The van der Waals surface area contributed by atoms with Crippen molar-refractivity contribution in [1.29, 1.82) is 0 Å². The van der Waals surface area contributed by atoms with Crippen molar-refractivity contribution in [2.45, 2.75) is 26.2 Å². The molecule has 7 heteroatoms. The molecule has 148 valence electrons. The number of nitrogens with zero attached hydrogens (tertiary/aromatic N) is 1. The van der Waals surface area contributed by atoms with Crippen LogP contribution in [0.4, 0.5) is 4.39 Å². The van der Waals surface area contributed by atoms with Crippen LogP contribution in [0.5, 0.6) is 5.75 Å². The van der Waals surface area contributed by atoms with Crippen LogP contribution in [0.3, 0.4) is 0 Å². The summed E-state index contributed by atoms with van der Waals surface area (Å²) in [7, 11) is 0. The number of nitrogens with one attached hydrogen (secondary N) is 2. The molecule has 0 aliphatic heterocycles. The Morgan fingerprint density at radius 3 is 2.79 bits per heavy atom.